The van der Waals surface area contributed by atoms with Gasteiger partial charge in [-0.15, -0.1) is 0 Å². The highest BCUT2D eigenvalue weighted by Gasteiger charge is 2.38. The summed E-state index contributed by atoms with van der Waals surface area (Å²) in [5.74, 6) is 0.0940. The summed E-state index contributed by atoms with van der Waals surface area (Å²) >= 11 is 0. The topological polar surface area (TPSA) is 81.5 Å². The molecule has 0 saturated heterocycles. The lowest BCUT2D eigenvalue weighted by Crippen LogP contribution is -2.29. The molecule has 1 N–H and O–H groups in total. The number of benzene rings is 2. The van der Waals surface area contributed by atoms with Crippen LogP contribution in [-0.2, 0) is 4.74 Å². The summed E-state index contributed by atoms with van der Waals surface area (Å²) in [6.45, 7) is 2.13. The first-order valence-corrected chi connectivity index (χ1v) is 9.07. The molecule has 4 rings (SSSR count). The fourth-order valence-corrected chi connectivity index (χ4v) is 4.10. The van der Waals surface area contributed by atoms with Gasteiger partial charge in [0, 0.05) is 23.7 Å². The number of nitro benzene ring substituents is 1. The molecule has 0 amide bonds. The summed E-state index contributed by atoms with van der Waals surface area (Å²) < 4.78 is 5.12. The number of allylic oxidation sites excluding steroid dienone is 2. The first-order valence-electron chi connectivity index (χ1n) is 9.07. The molecule has 2 aromatic carbocycles. The third-order valence-electron chi connectivity index (χ3n) is 5.31. The molecule has 2 aromatic rings. The third-order valence-corrected chi connectivity index (χ3v) is 5.31. The monoisotopic (exact) mass is 364 g/mol. The van der Waals surface area contributed by atoms with Crippen LogP contribution in [0.15, 0.2) is 54.6 Å². The highest BCUT2D eigenvalue weighted by molar-refractivity contribution is 5.90. The van der Waals surface area contributed by atoms with Gasteiger partial charge in [-0.1, -0.05) is 24.3 Å². The van der Waals surface area contributed by atoms with E-state index in [9.17, 15) is 14.9 Å². The number of ether oxygens (including phenoxy) is 1. The van der Waals surface area contributed by atoms with Gasteiger partial charge in [0.05, 0.1) is 23.1 Å². The number of nitro groups is 1. The van der Waals surface area contributed by atoms with Crippen molar-refractivity contribution < 1.29 is 14.5 Å². The number of hydrogen-bond donors (Lipinski definition) is 1. The van der Waals surface area contributed by atoms with Crippen LogP contribution in [0.3, 0.4) is 0 Å². The zero-order chi connectivity index (χ0) is 19.0. The van der Waals surface area contributed by atoms with Crippen molar-refractivity contribution in [3.8, 4) is 0 Å². The lowest BCUT2D eigenvalue weighted by Gasteiger charge is -2.37. The lowest BCUT2D eigenvalue weighted by molar-refractivity contribution is -0.384. The van der Waals surface area contributed by atoms with E-state index in [1.165, 1.54) is 6.07 Å². The van der Waals surface area contributed by atoms with Crippen molar-refractivity contribution in [1.29, 1.82) is 0 Å². The largest absolute Gasteiger partial charge is 0.462 e. The van der Waals surface area contributed by atoms with Crippen molar-refractivity contribution in [3.05, 3.63) is 81.4 Å². The molecule has 1 aliphatic carbocycles. The molecule has 1 aliphatic heterocycles. The van der Waals surface area contributed by atoms with Crippen LogP contribution in [0.5, 0.6) is 0 Å². The molecule has 0 fully saturated rings. The van der Waals surface area contributed by atoms with Crippen molar-refractivity contribution >= 4 is 17.3 Å². The lowest BCUT2D eigenvalue weighted by atomic mass is 9.76. The van der Waals surface area contributed by atoms with Gasteiger partial charge in [0.25, 0.3) is 5.69 Å². The van der Waals surface area contributed by atoms with Gasteiger partial charge in [-0.2, -0.15) is 0 Å². The van der Waals surface area contributed by atoms with E-state index in [4.69, 9.17) is 4.74 Å². The molecule has 0 radical (unpaired) electrons. The van der Waals surface area contributed by atoms with Crippen LogP contribution in [-0.4, -0.2) is 17.5 Å². The van der Waals surface area contributed by atoms with Gasteiger partial charge in [0.2, 0.25) is 0 Å². The number of rotatable bonds is 4. The Morgan fingerprint density at radius 2 is 2.15 bits per heavy atom. The van der Waals surface area contributed by atoms with Crippen molar-refractivity contribution in [1.82, 2.24) is 0 Å². The highest BCUT2D eigenvalue weighted by Crippen LogP contribution is 2.50. The Morgan fingerprint density at radius 3 is 2.93 bits per heavy atom. The van der Waals surface area contributed by atoms with E-state index in [1.807, 2.05) is 18.2 Å². The van der Waals surface area contributed by atoms with Crippen LogP contribution in [0.2, 0.25) is 0 Å². The van der Waals surface area contributed by atoms with E-state index >= 15 is 0 Å². The number of nitrogens with one attached hydrogen (secondary N) is 1. The first-order chi connectivity index (χ1) is 13.1. The Bertz CT molecular complexity index is 938. The van der Waals surface area contributed by atoms with Crippen LogP contribution in [0.1, 0.15) is 46.8 Å². The second-order valence-corrected chi connectivity index (χ2v) is 6.85. The maximum absolute atomic E-state index is 12.1. The van der Waals surface area contributed by atoms with Crippen LogP contribution < -0.4 is 5.32 Å². The number of fused-ring (bicyclic) bond motifs is 3. The molecule has 1 heterocycles. The van der Waals surface area contributed by atoms with Gasteiger partial charge in [-0.25, -0.2) is 4.79 Å². The predicted octanol–water partition coefficient (Wildman–Crippen LogP) is 4.60. The minimum absolute atomic E-state index is 0.0224. The van der Waals surface area contributed by atoms with Gasteiger partial charge in [0.15, 0.2) is 0 Å². The zero-order valence-corrected chi connectivity index (χ0v) is 14.9. The number of carbonyl (C=O) groups excluding carboxylic acids is 1. The van der Waals surface area contributed by atoms with E-state index in [1.54, 1.807) is 25.1 Å². The summed E-state index contributed by atoms with van der Waals surface area (Å²) in [6, 6.07) is 12.3. The molecule has 0 saturated carbocycles. The Labute approximate surface area is 157 Å². The smallest absolute Gasteiger partial charge is 0.338 e. The number of hydrogen-bond acceptors (Lipinski definition) is 5. The maximum atomic E-state index is 12.1. The number of non-ortho nitro benzene ring substituents is 1. The fraction of sp³-hybridized carbons (Fsp3) is 0.286. The molecule has 0 bridgehead atoms. The Kier molecular flexibility index (Phi) is 4.39. The van der Waals surface area contributed by atoms with Gasteiger partial charge in [-0.05, 0) is 48.6 Å². The number of esters is 1. The predicted molar refractivity (Wildman–Crippen MR) is 102 cm³/mol. The molecule has 2 aliphatic rings. The molecule has 6 nitrogen and oxygen atoms in total. The average molecular weight is 364 g/mol. The third kappa shape index (κ3) is 3.07. The van der Waals surface area contributed by atoms with E-state index in [0.717, 1.165) is 23.2 Å². The minimum Gasteiger partial charge on any atom is -0.462 e. The maximum Gasteiger partial charge on any atom is 0.338 e. The second kappa shape index (κ2) is 6.87. The minimum atomic E-state index is -0.365. The van der Waals surface area contributed by atoms with E-state index in [-0.39, 0.29) is 34.5 Å². The van der Waals surface area contributed by atoms with E-state index in [0.29, 0.717) is 12.2 Å². The summed E-state index contributed by atoms with van der Waals surface area (Å²) in [4.78, 5) is 22.9. The van der Waals surface area contributed by atoms with Crippen molar-refractivity contribution in [2.24, 2.45) is 5.92 Å². The van der Waals surface area contributed by atoms with Crippen LogP contribution in [0, 0.1) is 16.0 Å². The summed E-state index contributed by atoms with van der Waals surface area (Å²) in [5, 5.41) is 14.7. The van der Waals surface area contributed by atoms with Crippen molar-refractivity contribution in [2.45, 2.75) is 25.3 Å². The standard InChI is InChI=1S/C21H20N2O4/c1-2-27-21(24)14-9-10-19-18(12-14)16-7-4-8-17(16)20(22-19)13-5-3-6-15(11-13)23(25)26/h3-7,9-12,16-17,20,22H,2,8H2,1H3/t16-,17-,20-/m1/s1. The second-order valence-electron chi connectivity index (χ2n) is 6.85. The van der Waals surface area contributed by atoms with Crippen molar-refractivity contribution in [3.63, 3.8) is 0 Å². The highest BCUT2D eigenvalue weighted by atomic mass is 16.6. The molecule has 0 spiro atoms. The van der Waals surface area contributed by atoms with Crippen LogP contribution in [0.4, 0.5) is 11.4 Å². The SMILES string of the molecule is CCOC(=O)c1ccc2c(c1)[C@@H]1C=CC[C@H]1[C@@H](c1cccc([N+](=O)[O-])c1)N2. The molecule has 0 unspecified atom stereocenters. The van der Waals surface area contributed by atoms with Gasteiger partial charge >= 0.3 is 5.97 Å². The molecule has 3 atom stereocenters. The van der Waals surface area contributed by atoms with E-state index < -0.39 is 0 Å². The molecular weight excluding hydrogens is 344 g/mol. The average Bonchev–Trinajstić information content (AvgIpc) is 3.17. The summed E-state index contributed by atoms with van der Waals surface area (Å²) in [7, 11) is 0. The van der Waals surface area contributed by atoms with Gasteiger partial charge in [-0.3, -0.25) is 10.1 Å². The van der Waals surface area contributed by atoms with Crippen LogP contribution in [0.25, 0.3) is 0 Å². The molecule has 27 heavy (non-hydrogen) atoms. The number of carbonyl (C=O) groups is 1. The Balaban J connectivity index is 1.71. The van der Waals surface area contributed by atoms with Gasteiger partial charge in [0.1, 0.15) is 0 Å². The number of anilines is 1. The normalized spacial score (nSPS) is 22.5. The van der Waals surface area contributed by atoms with Gasteiger partial charge < -0.3 is 10.1 Å². The molecule has 138 valence electrons. The van der Waals surface area contributed by atoms with Crippen LogP contribution >= 0.6 is 0 Å². The summed E-state index contributed by atoms with van der Waals surface area (Å²) in [6.07, 6.45) is 5.20. The van der Waals surface area contributed by atoms with E-state index in [2.05, 4.69) is 17.5 Å². The quantitative estimate of drug-likeness (QED) is 0.371. The number of nitrogens with zero attached hydrogens (tertiary/aromatic N) is 1. The Morgan fingerprint density at radius 1 is 1.30 bits per heavy atom. The molecule has 6 heteroatoms. The molecule has 0 aromatic heterocycles. The first kappa shape index (κ1) is 17.3. The zero-order valence-electron chi connectivity index (χ0n) is 14.9. The Hall–Kier alpha value is -3.15. The van der Waals surface area contributed by atoms with Crippen molar-refractivity contribution in [2.75, 3.05) is 11.9 Å². The fourth-order valence-electron chi connectivity index (χ4n) is 4.10. The summed E-state index contributed by atoms with van der Waals surface area (Å²) in [5.41, 5.74) is 3.57. The molecular formula is C21H20N2O4.